The van der Waals surface area contributed by atoms with Crippen LogP contribution in [0.15, 0.2) is 47.9 Å². The average Bonchev–Trinajstić information content (AvgIpc) is 3.46. The molecule has 3 N–H and O–H groups in total. The van der Waals surface area contributed by atoms with Crippen molar-refractivity contribution in [1.82, 2.24) is 25.1 Å². The Balaban J connectivity index is 1.24. The molecule has 0 radical (unpaired) electrons. The van der Waals surface area contributed by atoms with E-state index in [9.17, 15) is 0 Å². The fourth-order valence-corrected chi connectivity index (χ4v) is 4.88. The molecule has 0 atom stereocenters. The first-order valence-electron chi connectivity index (χ1n) is 12.9. The number of pyridine rings is 2. The Kier molecular flexibility index (Phi) is 8.10. The standard InChI is InChI=1S/C27H34N8O/c28-16-23(17-29-8-3-9-35-10-12-36-13-11-35)21-14-25-24(30-18-21)6-7-26(32-25)33-27-15-22(19-31-34-27)20-4-1-2-5-20/h6-7,14-20H,1-5,8-13,28H2,(H,32,33,34). The molecule has 2 aliphatic rings. The van der Waals surface area contributed by atoms with E-state index in [1.54, 1.807) is 6.20 Å². The van der Waals surface area contributed by atoms with Gasteiger partial charge in [-0.1, -0.05) is 12.8 Å². The molecule has 9 heteroatoms. The summed E-state index contributed by atoms with van der Waals surface area (Å²) in [5.41, 5.74) is 10.5. The molecule has 188 valence electrons. The van der Waals surface area contributed by atoms with Crippen LogP contribution >= 0.6 is 0 Å². The van der Waals surface area contributed by atoms with Crippen LogP contribution in [0.4, 0.5) is 11.6 Å². The Bertz CT molecular complexity index is 1220. The molecule has 2 fully saturated rings. The molecule has 1 saturated carbocycles. The lowest BCUT2D eigenvalue weighted by Crippen LogP contribution is -2.37. The molecule has 1 aliphatic carbocycles. The van der Waals surface area contributed by atoms with Crippen LogP contribution in [0.2, 0.25) is 0 Å². The number of nitrogens with one attached hydrogen (secondary N) is 1. The molecule has 4 heterocycles. The minimum absolute atomic E-state index is 0.583. The molecule has 9 nitrogen and oxygen atoms in total. The van der Waals surface area contributed by atoms with Crippen LogP contribution in [0.1, 0.15) is 49.1 Å². The van der Waals surface area contributed by atoms with Crippen molar-refractivity contribution in [2.75, 3.05) is 44.7 Å². The normalized spacial score (nSPS) is 17.8. The first kappa shape index (κ1) is 24.3. The highest BCUT2D eigenvalue weighted by atomic mass is 16.5. The van der Waals surface area contributed by atoms with E-state index in [0.29, 0.717) is 17.6 Å². The lowest BCUT2D eigenvalue weighted by atomic mass is 10.0. The van der Waals surface area contributed by atoms with Gasteiger partial charge in [0.05, 0.1) is 30.4 Å². The van der Waals surface area contributed by atoms with Crippen LogP contribution < -0.4 is 11.1 Å². The van der Waals surface area contributed by atoms with Crippen molar-refractivity contribution in [2.45, 2.75) is 38.0 Å². The average molecular weight is 487 g/mol. The summed E-state index contributed by atoms with van der Waals surface area (Å²) >= 11 is 0. The predicted octanol–water partition coefficient (Wildman–Crippen LogP) is 3.91. The predicted molar refractivity (Wildman–Crippen MR) is 143 cm³/mol. The zero-order valence-electron chi connectivity index (χ0n) is 20.6. The molecule has 0 amide bonds. The zero-order valence-corrected chi connectivity index (χ0v) is 20.6. The number of morpholine rings is 1. The first-order chi connectivity index (χ1) is 17.8. The van der Waals surface area contributed by atoms with Gasteiger partial charge in [-0.3, -0.25) is 14.9 Å². The zero-order chi connectivity index (χ0) is 24.6. The number of fused-ring (bicyclic) bond motifs is 1. The van der Waals surface area contributed by atoms with Gasteiger partial charge in [-0.25, -0.2) is 4.98 Å². The Labute approximate surface area is 211 Å². The van der Waals surface area contributed by atoms with Crippen molar-refractivity contribution in [3.05, 3.63) is 54.0 Å². The van der Waals surface area contributed by atoms with Gasteiger partial charge in [0.1, 0.15) is 5.82 Å². The largest absolute Gasteiger partial charge is 0.404 e. The maximum absolute atomic E-state index is 5.93. The van der Waals surface area contributed by atoms with Crippen LogP contribution in [0, 0.1) is 0 Å². The van der Waals surface area contributed by atoms with Crippen LogP contribution in [-0.4, -0.2) is 70.7 Å². The third kappa shape index (κ3) is 6.22. The maximum atomic E-state index is 5.93. The number of rotatable bonds is 9. The van der Waals surface area contributed by atoms with Crippen molar-refractivity contribution in [3.8, 4) is 0 Å². The lowest BCUT2D eigenvalue weighted by Gasteiger charge is -2.26. The molecule has 5 rings (SSSR count). The molecule has 0 unspecified atom stereocenters. The van der Waals surface area contributed by atoms with E-state index in [4.69, 9.17) is 15.5 Å². The number of allylic oxidation sites excluding steroid dienone is 1. The second kappa shape index (κ2) is 12.0. The summed E-state index contributed by atoms with van der Waals surface area (Å²) in [6.45, 7) is 5.44. The van der Waals surface area contributed by atoms with Gasteiger partial charge < -0.3 is 15.8 Å². The molecule has 0 spiro atoms. The number of hydrogen-bond donors (Lipinski definition) is 2. The monoisotopic (exact) mass is 486 g/mol. The minimum atomic E-state index is 0.583. The van der Waals surface area contributed by atoms with Crippen LogP contribution in [0.5, 0.6) is 0 Å². The molecule has 3 aromatic rings. The highest BCUT2D eigenvalue weighted by molar-refractivity contribution is 6.10. The minimum Gasteiger partial charge on any atom is -0.404 e. The van der Waals surface area contributed by atoms with Gasteiger partial charge in [-0.2, -0.15) is 5.10 Å². The third-order valence-electron chi connectivity index (χ3n) is 6.90. The second-order valence-electron chi connectivity index (χ2n) is 9.40. The summed E-state index contributed by atoms with van der Waals surface area (Å²) in [5, 5.41) is 11.8. The lowest BCUT2D eigenvalue weighted by molar-refractivity contribution is 0.0377. The number of nitrogens with two attached hydrogens (primary N) is 1. The quantitative estimate of drug-likeness (QED) is 0.346. The molecule has 0 aromatic carbocycles. The van der Waals surface area contributed by atoms with Gasteiger partial charge in [0.2, 0.25) is 0 Å². The first-order valence-corrected chi connectivity index (χ1v) is 12.9. The summed E-state index contributed by atoms with van der Waals surface area (Å²) in [7, 11) is 0. The van der Waals surface area contributed by atoms with E-state index >= 15 is 0 Å². The molecular weight excluding hydrogens is 452 g/mol. The maximum Gasteiger partial charge on any atom is 0.154 e. The van der Waals surface area contributed by atoms with Crippen LogP contribution in [0.3, 0.4) is 0 Å². The summed E-state index contributed by atoms with van der Waals surface area (Å²) in [6.07, 6.45) is 13.1. The van der Waals surface area contributed by atoms with E-state index in [2.05, 4.69) is 36.5 Å². The van der Waals surface area contributed by atoms with Crippen molar-refractivity contribution in [1.29, 1.82) is 0 Å². The fourth-order valence-electron chi connectivity index (χ4n) is 4.88. The SMILES string of the molecule is NC=C(C=NCCCN1CCOCC1)c1cnc2ccc(Nc3cc(C4CCCC4)cnn3)nc2c1. The third-order valence-corrected chi connectivity index (χ3v) is 6.90. The molecule has 36 heavy (non-hydrogen) atoms. The molecule has 3 aromatic heterocycles. The number of aliphatic imine (C=N–C) groups is 1. The van der Waals surface area contributed by atoms with Crippen LogP contribution in [-0.2, 0) is 4.74 Å². The second-order valence-corrected chi connectivity index (χ2v) is 9.40. The van der Waals surface area contributed by atoms with Gasteiger partial charge in [0.15, 0.2) is 5.82 Å². The van der Waals surface area contributed by atoms with Gasteiger partial charge in [0.25, 0.3) is 0 Å². The Morgan fingerprint density at radius 3 is 2.81 bits per heavy atom. The van der Waals surface area contributed by atoms with E-state index < -0.39 is 0 Å². The van der Waals surface area contributed by atoms with Gasteiger partial charge >= 0.3 is 0 Å². The van der Waals surface area contributed by atoms with E-state index in [-0.39, 0.29) is 0 Å². The van der Waals surface area contributed by atoms with Crippen LogP contribution in [0.25, 0.3) is 16.6 Å². The fraction of sp³-hybridized carbons (Fsp3) is 0.444. The number of hydrogen-bond acceptors (Lipinski definition) is 9. The summed E-state index contributed by atoms with van der Waals surface area (Å²) in [4.78, 5) is 16.3. The van der Waals surface area contributed by atoms with Crippen molar-refractivity contribution < 1.29 is 4.74 Å². The Hall–Kier alpha value is -3.43. The van der Waals surface area contributed by atoms with E-state index in [1.165, 1.54) is 31.2 Å². The summed E-state index contributed by atoms with van der Waals surface area (Å²) in [5.74, 6) is 2.00. The molecule has 0 bridgehead atoms. The van der Waals surface area contributed by atoms with E-state index in [1.807, 2.05) is 36.8 Å². The Morgan fingerprint density at radius 1 is 1.11 bits per heavy atom. The van der Waals surface area contributed by atoms with Crippen molar-refractivity contribution >= 4 is 34.5 Å². The highest BCUT2D eigenvalue weighted by Crippen LogP contribution is 2.34. The van der Waals surface area contributed by atoms with Gasteiger partial charge in [-0.05, 0) is 55.0 Å². The summed E-state index contributed by atoms with van der Waals surface area (Å²) < 4.78 is 5.40. The highest BCUT2D eigenvalue weighted by Gasteiger charge is 2.18. The number of anilines is 2. The number of aromatic nitrogens is 4. The molecular formula is C27H34N8O. The Morgan fingerprint density at radius 2 is 1.97 bits per heavy atom. The topological polar surface area (TPSA) is 114 Å². The van der Waals surface area contributed by atoms with Gasteiger partial charge in [-0.15, -0.1) is 5.10 Å². The molecule has 1 saturated heterocycles. The number of ether oxygens (including phenoxy) is 1. The van der Waals surface area contributed by atoms with Crippen molar-refractivity contribution in [3.63, 3.8) is 0 Å². The van der Waals surface area contributed by atoms with Gasteiger partial charge in [0, 0.05) is 55.9 Å². The van der Waals surface area contributed by atoms with E-state index in [0.717, 1.165) is 68.0 Å². The smallest absolute Gasteiger partial charge is 0.154 e. The number of nitrogens with zero attached hydrogens (tertiary/aromatic N) is 6. The van der Waals surface area contributed by atoms with Crippen molar-refractivity contribution in [2.24, 2.45) is 10.7 Å². The summed E-state index contributed by atoms with van der Waals surface area (Å²) in [6, 6.07) is 7.95. The molecule has 1 aliphatic heterocycles.